The summed E-state index contributed by atoms with van der Waals surface area (Å²) in [6.07, 6.45) is -0.00541. The fraction of sp³-hybridized carbons (Fsp3) is 0.333. The number of aromatic nitrogens is 3. The highest BCUT2D eigenvalue weighted by Gasteiger charge is 2.26. The maximum Gasteiger partial charge on any atom is 0.271 e. The molecule has 0 fully saturated rings. The first kappa shape index (κ1) is 57.3. The van der Waals surface area contributed by atoms with Gasteiger partial charge in [-0.3, -0.25) is 33.7 Å². The van der Waals surface area contributed by atoms with Gasteiger partial charge in [0.05, 0.1) is 57.8 Å². The van der Waals surface area contributed by atoms with E-state index in [-0.39, 0.29) is 113 Å². The van der Waals surface area contributed by atoms with E-state index in [2.05, 4.69) is 16.0 Å². The van der Waals surface area contributed by atoms with Crippen LogP contribution in [-0.2, 0) is 39.5 Å². The Bertz CT molecular complexity index is 2690. The predicted molar refractivity (Wildman–Crippen MR) is 277 cm³/mol. The van der Waals surface area contributed by atoms with Crippen LogP contribution >= 0.6 is 0 Å². The number of carbonyl (C=O) groups excluding carboxylic acids is 3. The number of hydrogen-bond acceptors (Lipinski definition) is 16. The highest BCUT2D eigenvalue weighted by Crippen LogP contribution is 2.20. The summed E-state index contributed by atoms with van der Waals surface area (Å²) in [4.78, 5) is 83.9. The molecule has 0 aliphatic carbocycles. The Morgan fingerprint density at radius 3 is 0.947 bits per heavy atom. The van der Waals surface area contributed by atoms with E-state index in [9.17, 15) is 59.4 Å². The number of rotatable bonds is 30. The van der Waals surface area contributed by atoms with E-state index in [0.717, 1.165) is 0 Å². The SMILES string of the molecule is O=C(NCCN(CCNC(=O)c1c(OCc2ccccc2)c(=O)ccn1CC(O)CO)CCNC(=O)c1c(OCc2ccccc2)c(=O)ccn1CC(O)CO)c1c(OCc2ccccc2)c(=O)ccn1CC(O)CO. The number of aliphatic hydroxyl groups is 6. The summed E-state index contributed by atoms with van der Waals surface area (Å²) in [6, 6.07) is 30.3. The molecule has 0 aliphatic rings. The van der Waals surface area contributed by atoms with Gasteiger partial charge in [-0.05, 0) is 16.7 Å². The lowest BCUT2D eigenvalue weighted by Gasteiger charge is -2.24. The van der Waals surface area contributed by atoms with E-state index in [1.807, 2.05) is 0 Å². The average molecular weight is 1050 g/mol. The van der Waals surface area contributed by atoms with Crippen LogP contribution in [0.5, 0.6) is 17.2 Å². The second-order valence-corrected chi connectivity index (χ2v) is 17.5. The summed E-state index contributed by atoms with van der Waals surface area (Å²) in [5.41, 5.74) is -0.400. The van der Waals surface area contributed by atoms with Crippen molar-refractivity contribution in [3.63, 3.8) is 0 Å². The third-order valence-corrected chi connectivity index (χ3v) is 11.7. The molecule has 3 aromatic heterocycles. The van der Waals surface area contributed by atoms with E-state index in [4.69, 9.17) is 14.2 Å². The van der Waals surface area contributed by atoms with Gasteiger partial charge in [-0.15, -0.1) is 0 Å². The van der Waals surface area contributed by atoms with Crippen molar-refractivity contribution in [2.24, 2.45) is 0 Å². The zero-order valence-electron chi connectivity index (χ0n) is 41.6. The molecule has 404 valence electrons. The molecule has 3 aromatic carbocycles. The van der Waals surface area contributed by atoms with Crippen molar-refractivity contribution in [2.75, 3.05) is 59.1 Å². The Balaban J connectivity index is 1.24. The number of nitrogens with zero attached hydrogens (tertiary/aromatic N) is 4. The monoisotopic (exact) mass is 1050 g/mol. The molecule has 0 spiro atoms. The van der Waals surface area contributed by atoms with Crippen LogP contribution in [0.3, 0.4) is 0 Å². The number of benzene rings is 3. The van der Waals surface area contributed by atoms with Crippen LogP contribution in [0.15, 0.2) is 142 Å². The van der Waals surface area contributed by atoms with Gasteiger partial charge in [0.15, 0.2) is 34.3 Å². The maximum atomic E-state index is 14.1. The number of pyridine rings is 3. The van der Waals surface area contributed by atoms with Gasteiger partial charge in [0.25, 0.3) is 17.7 Å². The molecule has 3 amide bonds. The van der Waals surface area contributed by atoms with Gasteiger partial charge in [-0.2, -0.15) is 0 Å². The van der Waals surface area contributed by atoms with Gasteiger partial charge in [0, 0.05) is 76.1 Å². The van der Waals surface area contributed by atoms with E-state index in [1.54, 1.807) is 95.9 Å². The van der Waals surface area contributed by atoms with Crippen molar-refractivity contribution in [3.8, 4) is 17.2 Å². The highest BCUT2D eigenvalue weighted by atomic mass is 16.5. The molecule has 6 aromatic rings. The molecule has 3 atom stereocenters. The fourth-order valence-corrected chi connectivity index (χ4v) is 7.85. The first-order chi connectivity index (χ1) is 36.8. The van der Waals surface area contributed by atoms with Crippen molar-refractivity contribution in [1.29, 1.82) is 0 Å². The zero-order valence-corrected chi connectivity index (χ0v) is 41.6. The second-order valence-electron chi connectivity index (χ2n) is 17.5. The molecular weight excluding hydrogens is 987 g/mol. The first-order valence-electron chi connectivity index (χ1n) is 24.4. The summed E-state index contributed by atoms with van der Waals surface area (Å²) < 4.78 is 21.6. The van der Waals surface area contributed by atoms with Gasteiger partial charge in [-0.1, -0.05) is 91.0 Å². The lowest BCUT2D eigenvalue weighted by molar-refractivity contribution is 0.0776. The first-order valence-corrected chi connectivity index (χ1v) is 24.4. The van der Waals surface area contributed by atoms with Crippen LogP contribution in [0.2, 0.25) is 0 Å². The van der Waals surface area contributed by atoms with E-state index in [0.29, 0.717) is 16.7 Å². The van der Waals surface area contributed by atoms with Gasteiger partial charge in [0.2, 0.25) is 16.3 Å². The van der Waals surface area contributed by atoms with Crippen LogP contribution in [0.1, 0.15) is 48.2 Å². The molecule has 6 rings (SSSR count). The van der Waals surface area contributed by atoms with E-state index < -0.39 is 72.1 Å². The number of nitrogens with one attached hydrogen (secondary N) is 3. The normalized spacial score (nSPS) is 12.4. The van der Waals surface area contributed by atoms with Crippen molar-refractivity contribution in [1.82, 2.24) is 34.6 Å². The molecule has 0 bridgehead atoms. The average Bonchev–Trinajstić information content (AvgIpc) is 3.44. The van der Waals surface area contributed by atoms with E-state index >= 15 is 0 Å². The highest BCUT2D eigenvalue weighted by molar-refractivity contribution is 5.96. The minimum absolute atomic E-state index is 0.0440. The number of amides is 3. The molecule has 3 heterocycles. The third kappa shape index (κ3) is 16.5. The van der Waals surface area contributed by atoms with Crippen LogP contribution in [-0.4, -0.2) is 144 Å². The minimum atomic E-state index is -1.30. The number of aliphatic hydroxyl groups excluding tert-OH is 6. The summed E-state index contributed by atoms with van der Waals surface area (Å²) in [5.74, 6) is -3.19. The zero-order chi connectivity index (χ0) is 54.4. The van der Waals surface area contributed by atoms with Gasteiger partial charge in [0.1, 0.15) is 19.8 Å². The summed E-state index contributed by atoms with van der Waals surface area (Å²) >= 11 is 0. The Kier molecular flexibility index (Phi) is 22.0. The van der Waals surface area contributed by atoms with Crippen molar-refractivity contribution >= 4 is 17.7 Å². The lowest BCUT2D eigenvalue weighted by Crippen LogP contribution is -2.44. The standard InChI is InChI=1S/C54H63N7O15/c62-31-40(65)28-59-22-16-43(68)49(74-34-37-10-4-1-5-11-37)46(59)52(71)55-19-25-58(26-20-56-53(72)47-50(75-35-38-12-6-2-7-13-38)44(69)17-23-60(47)29-41(66)32-63)27-21-57-54(73)48-51(76-36-39-14-8-3-9-15-39)45(70)18-24-61(48)30-42(67)33-64/h1-18,22-24,40-42,62-67H,19-21,25-36H2,(H,55,71)(H,56,72)(H,57,73). The molecule has 3 unspecified atom stereocenters. The molecular formula is C54H63N7O15. The Labute approximate surface area is 436 Å². The topological polar surface area (TPSA) is 306 Å². The van der Waals surface area contributed by atoms with Crippen LogP contribution < -0.4 is 46.4 Å². The van der Waals surface area contributed by atoms with Gasteiger partial charge in [-0.25, -0.2) is 0 Å². The molecule has 0 aliphatic heterocycles. The maximum absolute atomic E-state index is 14.1. The van der Waals surface area contributed by atoms with Crippen LogP contribution in [0, 0.1) is 0 Å². The summed E-state index contributed by atoms with van der Waals surface area (Å²) in [6.45, 7) is -3.12. The smallest absolute Gasteiger partial charge is 0.271 e. The van der Waals surface area contributed by atoms with E-state index in [1.165, 1.54) is 50.5 Å². The molecule has 0 saturated carbocycles. The van der Waals surface area contributed by atoms with Crippen molar-refractivity contribution < 1.29 is 59.2 Å². The Morgan fingerprint density at radius 2 is 0.697 bits per heavy atom. The van der Waals surface area contributed by atoms with Crippen LogP contribution in [0.25, 0.3) is 0 Å². The Morgan fingerprint density at radius 1 is 0.434 bits per heavy atom. The van der Waals surface area contributed by atoms with Crippen LogP contribution in [0.4, 0.5) is 0 Å². The fourth-order valence-electron chi connectivity index (χ4n) is 7.85. The van der Waals surface area contributed by atoms with Crippen molar-refractivity contribution in [3.05, 3.63) is 192 Å². The lowest BCUT2D eigenvalue weighted by atomic mass is 10.2. The quantitative estimate of drug-likeness (QED) is 0.0284. The number of ether oxygens (including phenoxy) is 3. The molecule has 22 heteroatoms. The number of carbonyl (C=O) groups is 3. The minimum Gasteiger partial charge on any atom is -0.483 e. The molecule has 22 nitrogen and oxygen atoms in total. The van der Waals surface area contributed by atoms with Gasteiger partial charge >= 0.3 is 0 Å². The molecule has 76 heavy (non-hydrogen) atoms. The molecule has 9 N–H and O–H groups in total. The second kappa shape index (κ2) is 29.2. The number of hydrogen-bond donors (Lipinski definition) is 9. The summed E-state index contributed by atoms with van der Waals surface area (Å²) in [5, 5.41) is 68.4. The van der Waals surface area contributed by atoms with Crippen molar-refractivity contribution in [2.45, 2.75) is 57.8 Å². The molecule has 0 radical (unpaired) electrons. The Hall–Kier alpha value is -7.96. The predicted octanol–water partition coefficient (Wildman–Crippen LogP) is -0.140. The largest absolute Gasteiger partial charge is 0.483 e. The van der Waals surface area contributed by atoms with Gasteiger partial charge < -0.3 is 74.5 Å². The summed E-state index contributed by atoms with van der Waals surface area (Å²) in [7, 11) is 0. The third-order valence-electron chi connectivity index (χ3n) is 11.7. The molecule has 0 saturated heterocycles.